The molecule has 0 spiro atoms. The lowest BCUT2D eigenvalue weighted by atomic mass is 9.96. The van der Waals surface area contributed by atoms with Crippen LogP contribution in [-0.2, 0) is 4.74 Å². The molecule has 140 valence electrons. The number of halogens is 1. The van der Waals surface area contributed by atoms with Crippen molar-refractivity contribution in [3.8, 4) is 0 Å². The molecule has 3 saturated heterocycles. The van der Waals surface area contributed by atoms with Crippen molar-refractivity contribution in [1.29, 1.82) is 0 Å². The van der Waals surface area contributed by atoms with Gasteiger partial charge in [0.25, 0.3) is 0 Å². The van der Waals surface area contributed by atoms with Gasteiger partial charge in [0.05, 0.1) is 30.6 Å². The Morgan fingerprint density at radius 3 is 2.80 bits per heavy atom. The Balaban J connectivity index is 0.00000182. The second-order valence-electron chi connectivity index (χ2n) is 7.09. The second-order valence-corrected chi connectivity index (χ2v) is 7.09. The third-order valence-electron chi connectivity index (χ3n) is 5.57. The summed E-state index contributed by atoms with van der Waals surface area (Å²) in [5, 5.41) is 7.06. The fourth-order valence-electron chi connectivity index (χ4n) is 4.30. The summed E-state index contributed by atoms with van der Waals surface area (Å²) in [6, 6.07) is 4.70. The molecule has 0 saturated carbocycles. The summed E-state index contributed by atoms with van der Waals surface area (Å²) in [7, 11) is 1.83. The number of nitrogens with zero attached hydrogens (tertiary/aromatic N) is 2. The number of rotatable bonds is 5. The van der Waals surface area contributed by atoms with Gasteiger partial charge in [-0.2, -0.15) is 0 Å². The molecular weight excluding hydrogens is 431 g/mol. The van der Waals surface area contributed by atoms with Gasteiger partial charge >= 0.3 is 0 Å². The van der Waals surface area contributed by atoms with Crippen molar-refractivity contribution < 1.29 is 9.15 Å². The largest absolute Gasteiger partial charge is 0.468 e. The van der Waals surface area contributed by atoms with Crippen LogP contribution in [0.25, 0.3) is 0 Å². The van der Waals surface area contributed by atoms with Gasteiger partial charge in [-0.05, 0) is 57.3 Å². The Labute approximate surface area is 166 Å². The van der Waals surface area contributed by atoms with Gasteiger partial charge in [-0.1, -0.05) is 0 Å². The number of furan rings is 1. The molecule has 0 aliphatic carbocycles. The van der Waals surface area contributed by atoms with E-state index in [1.54, 1.807) is 6.26 Å². The number of hydrogen-bond acceptors (Lipinski definition) is 4. The molecule has 4 heterocycles. The SMILES string of the molecule is CN=C(NCC(c1ccco1)N1CCCC1)NC1CC2CCC1O2.I. The van der Waals surface area contributed by atoms with Crippen molar-refractivity contribution >= 4 is 29.9 Å². The highest BCUT2D eigenvalue weighted by Gasteiger charge is 2.41. The zero-order chi connectivity index (χ0) is 16.4. The molecule has 2 bridgehead atoms. The van der Waals surface area contributed by atoms with Crippen molar-refractivity contribution in [2.45, 2.75) is 56.4 Å². The minimum absolute atomic E-state index is 0. The van der Waals surface area contributed by atoms with Gasteiger partial charge in [0.1, 0.15) is 5.76 Å². The fraction of sp³-hybridized carbons (Fsp3) is 0.722. The second kappa shape index (κ2) is 8.73. The first kappa shape index (κ1) is 19.0. The molecule has 4 atom stereocenters. The van der Waals surface area contributed by atoms with Crippen LogP contribution in [0, 0.1) is 0 Å². The van der Waals surface area contributed by atoms with Crippen LogP contribution in [0.4, 0.5) is 0 Å². The van der Waals surface area contributed by atoms with E-state index in [1.807, 2.05) is 13.1 Å². The summed E-state index contributed by atoms with van der Waals surface area (Å²) in [5.41, 5.74) is 0. The number of fused-ring (bicyclic) bond motifs is 2. The highest BCUT2D eigenvalue weighted by molar-refractivity contribution is 14.0. The summed E-state index contributed by atoms with van der Waals surface area (Å²) in [6.45, 7) is 3.08. The maximum atomic E-state index is 5.93. The third kappa shape index (κ3) is 4.31. The predicted octanol–water partition coefficient (Wildman–Crippen LogP) is 2.52. The Bertz CT molecular complexity index is 559. The predicted molar refractivity (Wildman–Crippen MR) is 108 cm³/mol. The van der Waals surface area contributed by atoms with Crippen molar-refractivity contribution in [1.82, 2.24) is 15.5 Å². The number of aliphatic imine (C=N–C) groups is 1. The third-order valence-corrected chi connectivity index (χ3v) is 5.57. The molecule has 7 heteroatoms. The van der Waals surface area contributed by atoms with Gasteiger partial charge in [-0.25, -0.2) is 0 Å². The van der Waals surface area contributed by atoms with Crippen LogP contribution < -0.4 is 10.6 Å². The Morgan fingerprint density at radius 2 is 2.20 bits per heavy atom. The molecule has 0 aromatic carbocycles. The van der Waals surface area contributed by atoms with Gasteiger partial charge in [0, 0.05) is 13.6 Å². The van der Waals surface area contributed by atoms with Gasteiger partial charge in [-0.15, -0.1) is 24.0 Å². The fourth-order valence-corrected chi connectivity index (χ4v) is 4.30. The Morgan fingerprint density at radius 1 is 1.36 bits per heavy atom. The Hall–Kier alpha value is -0.800. The van der Waals surface area contributed by atoms with Crippen LogP contribution in [0.5, 0.6) is 0 Å². The van der Waals surface area contributed by atoms with Crippen molar-refractivity contribution in [2.75, 3.05) is 26.7 Å². The lowest BCUT2D eigenvalue weighted by molar-refractivity contribution is 0.0992. The highest BCUT2D eigenvalue weighted by Crippen LogP contribution is 2.34. The number of hydrogen-bond donors (Lipinski definition) is 2. The molecule has 25 heavy (non-hydrogen) atoms. The van der Waals surface area contributed by atoms with E-state index in [0.717, 1.165) is 37.8 Å². The van der Waals surface area contributed by atoms with E-state index in [9.17, 15) is 0 Å². The van der Waals surface area contributed by atoms with E-state index in [-0.39, 0.29) is 30.0 Å². The van der Waals surface area contributed by atoms with E-state index in [4.69, 9.17) is 9.15 Å². The van der Waals surface area contributed by atoms with Gasteiger partial charge in [0.2, 0.25) is 0 Å². The maximum Gasteiger partial charge on any atom is 0.191 e. The number of ether oxygens (including phenoxy) is 1. The van der Waals surface area contributed by atoms with E-state index in [0.29, 0.717) is 18.2 Å². The minimum Gasteiger partial charge on any atom is -0.468 e. The van der Waals surface area contributed by atoms with Crippen molar-refractivity contribution in [2.24, 2.45) is 4.99 Å². The zero-order valence-corrected chi connectivity index (χ0v) is 17.1. The van der Waals surface area contributed by atoms with Gasteiger partial charge in [0.15, 0.2) is 5.96 Å². The van der Waals surface area contributed by atoms with Crippen LogP contribution in [0.3, 0.4) is 0 Å². The molecule has 2 N–H and O–H groups in total. The monoisotopic (exact) mass is 460 g/mol. The maximum absolute atomic E-state index is 5.93. The van der Waals surface area contributed by atoms with Gasteiger partial charge in [-0.3, -0.25) is 9.89 Å². The molecule has 1 aromatic rings. The summed E-state index contributed by atoms with van der Waals surface area (Å²) in [4.78, 5) is 6.90. The van der Waals surface area contributed by atoms with Crippen molar-refractivity contribution in [3.05, 3.63) is 24.2 Å². The molecule has 1 aromatic heterocycles. The topological polar surface area (TPSA) is 62.0 Å². The average molecular weight is 460 g/mol. The molecule has 4 rings (SSSR count). The van der Waals surface area contributed by atoms with E-state index in [2.05, 4.69) is 26.6 Å². The first-order chi connectivity index (χ1) is 11.8. The molecule has 6 nitrogen and oxygen atoms in total. The lowest BCUT2D eigenvalue weighted by Crippen LogP contribution is -2.49. The van der Waals surface area contributed by atoms with Crippen LogP contribution >= 0.6 is 24.0 Å². The summed E-state index contributed by atoms with van der Waals surface area (Å²) < 4.78 is 11.6. The van der Waals surface area contributed by atoms with Crippen LogP contribution in [0.15, 0.2) is 27.8 Å². The number of guanidine groups is 1. The molecule has 0 radical (unpaired) electrons. The highest BCUT2D eigenvalue weighted by atomic mass is 127. The van der Waals surface area contributed by atoms with E-state index >= 15 is 0 Å². The number of likely N-dealkylation sites (tertiary alicyclic amines) is 1. The van der Waals surface area contributed by atoms with Crippen LogP contribution in [-0.4, -0.2) is 55.8 Å². The molecule has 4 unspecified atom stereocenters. The summed E-state index contributed by atoms with van der Waals surface area (Å²) in [6.07, 6.45) is 8.59. The Kier molecular flexibility index (Phi) is 6.62. The summed E-state index contributed by atoms with van der Waals surface area (Å²) in [5.74, 6) is 1.90. The smallest absolute Gasteiger partial charge is 0.191 e. The van der Waals surface area contributed by atoms with Gasteiger partial charge < -0.3 is 19.8 Å². The minimum atomic E-state index is 0. The molecule has 3 aliphatic rings. The zero-order valence-electron chi connectivity index (χ0n) is 14.8. The molecule has 3 aliphatic heterocycles. The van der Waals surface area contributed by atoms with Crippen molar-refractivity contribution in [3.63, 3.8) is 0 Å². The quantitative estimate of drug-likeness (QED) is 0.402. The first-order valence-electron chi connectivity index (χ1n) is 9.23. The van der Waals surface area contributed by atoms with E-state index < -0.39 is 0 Å². The molecule has 3 fully saturated rings. The van der Waals surface area contributed by atoms with Crippen LogP contribution in [0.2, 0.25) is 0 Å². The number of nitrogens with one attached hydrogen (secondary N) is 2. The summed E-state index contributed by atoms with van der Waals surface area (Å²) >= 11 is 0. The van der Waals surface area contributed by atoms with Crippen LogP contribution in [0.1, 0.15) is 43.9 Å². The lowest BCUT2D eigenvalue weighted by Gasteiger charge is -2.28. The normalized spacial score (nSPS) is 30.3. The molecule has 0 amide bonds. The standard InChI is InChI=1S/C18H28N4O2.HI/c1-19-18(21-14-11-13-6-7-16(14)24-13)20-12-15(17-5-4-10-23-17)22-8-2-3-9-22;/h4-5,10,13-16H,2-3,6-9,11-12H2,1H3,(H2,19,20,21);1H. The average Bonchev–Trinajstić information content (AvgIpc) is 3.38. The first-order valence-corrected chi connectivity index (χ1v) is 9.23. The molecular formula is C18H29IN4O2. The van der Waals surface area contributed by atoms with E-state index in [1.165, 1.54) is 25.7 Å².